The molecule has 0 aromatic heterocycles. The molecule has 0 fully saturated rings. The molecular formula is C14H11BrCl2O2. The van der Waals surface area contributed by atoms with Crippen LogP contribution in [-0.4, -0.2) is 7.11 Å². The van der Waals surface area contributed by atoms with Gasteiger partial charge in [0.2, 0.25) is 0 Å². The van der Waals surface area contributed by atoms with Crippen LogP contribution in [0, 0.1) is 0 Å². The molecule has 0 aliphatic carbocycles. The molecule has 0 atom stereocenters. The molecule has 0 spiro atoms. The lowest BCUT2D eigenvalue weighted by Crippen LogP contribution is -1.96. The molecular weight excluding hydrogens is 351 g/mol. The first-order valence-electron chi connectivity index (χ1n) is 5.50. The van der Waals surface area contributed by atoms with Crippen LogP contribution in [0.15, 0.2) is 40.9 Å². The third-order valence-electron chi connectivity index (χ3n) is 2.50. The van der Waals surface area contributed by atoms with Crippen LogP contribution in [0.1, 0.15) is 5.56 Å². The predicted octanol–water partition coefficient (Wildman–Crippen LogP) is 5.34. The van der Waals surface area contributed by atoms with E-state index in [4.69, 9.17) is 32.7 Å². The van der Waals surface area contributed by atoms with Gasteiger partial charge in [-0.15, -0.1) is 0 Å². The van der Waals surface area contributed by atoms with Gasteiger partial charge in [0.1, 0.15) is 18.1 Å². The van der Waals surface area contributed by atoms with Crippen LogP contribution in [0.3, 0.4) is 0 Å². The first-order valence-corrected chi connectivity index (χ1v) is 7.05. The summed E-state index contributed by atoms with van der Waals surface area (Å²) in [5.41, 5.74) is 1.00. The second-order valence-electron chi connectivity index (χ2n) is 3.83. The molecule has 5 heteroatoms. The number of benzene rings is 2. The SMILES string of the molecule is COc1ccc(COc2cc(Cl)ccc2Cl)cc1Br. The first kappa shape index (κ1) is 14.5. The Kier molecular flexibility index (Phi) is 4.97. The van der Waals surface area contributed by atoms with Crippen molar-refractivity contribution < 1.29 is 9.47 Å². The van der Waals surface area contributed by atoms with Crippen LogP contribution in [0.4, 0.5) is 0 Å². The molecule has 0 saturated heterocycles. The van der Waals surface area contributed by atoms with E-state index in [0.29, 0.717) is 22.4 Å². The Morgan fingerprint density at radius 2 is 1.84 bits per heavy atom. The highest BCUT2D eigenvalue weighted by Gasteiger charge is 2.05. The highest BCUT2D eigenvalue weighted by molar-refractivity contribution is 9.10. The Labute approximate surface area is 130 Å². The summed E-state index contributed by atoms with van der Waals surface area (Å²) >= 11 is 15.4. The molecule has 0 heterocycles. The summed E-state index contributed by atoms with van der Waals surface area (Å²) in [5.74, 6) is 1.35. The maximum absolute atomic E-state index is 6.03. The molecule has 0 bridgehead atoms. The van der Waals surface area contributed by atoms with E-state index in [9.17, 15) is 0 Å². The van der Waals surface area contributed by atoms with Crippen molar-refractivity contribution in [3.8, 4) is 11.5 Å². The summed E-state index contributed by atoms with van der Waals surface area (Å²) in [6, 6.07) is 10.9. The third kappa shape index (κ3) is 3.78. The lowest BCUT2D eigenvalue weighted by molar-refractivity contribution is 0.306. The minimum atomic E-state index is 0.405. The van der Waals surface area contributed by atoms with Crippen molar-refractivity contribution >= 4 is 39.1 Å². The van der Waals surface area contributed by atoms with E-state index in [2.05, 4.69) is 15.9 Å². The van der Waals surface area contributed by atoms with Gasteiger partial charge in [-0.25, -0.2) is 0 Å². The van der Waals surface area contributed by atoms with Crippen molar-refractivity contribution in [1.29, 1.82) is 0 Å². The van der Waals surface area contributed by atoms with Crippen molar-refractivity contribution in [3.63, 3.8) is 0 Å². The fourth-order valence-corrected chi connectivity index (χ4v) is 2.47. The average molecular weight is 362 g/mol. The largest absolute Gasteiger partial charge is 0.496 e. The van der Waals surface area contributed by atoms with Crippen LogP contribution in [0.5, 0.6) is 11.5 Å². The van der Waals surface area contributed by atoms with Gasteiger partial charge in [-0.05, 0) is 45.8 Å². The van der Waals surface area contributed by atoms with E-state index >= 15 is 0 Å². The Morgan fingerprint density at radius 1 is 1.05 bits per heavy atom. The number of hydrogen-bond donors (Lipinski definition) is 0. The van der Waals surface area contributed by atoms with Crippen LogP contribution in [0.2, 0.25) is 10.0 Å². The number of ether oxygens (including phenoxy) is 2. The molecule has 2 aromatic rings. The molecule has 2 rings (SSSR count). The van der Waals surface area contributed by atoms with Crippen molar-refractivity contribution in [2.45, 2.75) is 6.61 Å². The summed E-state index contributed by atoms with van der Waals surface area (Å²) in [4.78, 5) is 0. The zero-order valence-corrected chi connectivity index (χ0v) is 13.2. The van der Waals surface area contributed by atoms with Crippen molar-refractivity contribution in [3.05, 3.63) is 56.5 Å². The topological polar surface area (TPSA) is 18.5 Å². The lowest BCUT2D eigenvalue weighted by Gasteiger charge is -2.10. The second kappa shape index (κ2) is 6.51. The zero-order valence-electron chi connectivity index (χ0n) is 10.1. The first-order chi connectivity index (χ1) is 9.10. The Hall–Kier alpha value is -0.900. The average Bonchev–Trinajstić information content (AvgIpc) is 2.40. The molecule has 2 nitrogen and oxygen atoms in total. The third-order valence-corrected chi connectivity index (χ3v) is 3.67. The van der Waals surface area contributed by atoms with Crippen molar-refractivity contribution in [1.82, 2.24) is 0 Å². The number of halogens is 3. The molecule has 0 radical (unpaired) electrons. The molecule has 0 amide bonds. The van der Waals surface area contributed by atoms with E-state index in [1.807, 2.05) is 18.2 Å². The minimum Gasteiger partial charge on any atom is -0.496 e. The van der Waals surface area contributed by atoms with Crippen LogP contribution < -0.4 is 9.47 Å². The second-order valence-corrected chi connectivity index (χ2v) is 5.53. The van der Waals surface area contributed by atoms with Gasteiger partial charge in [0.15, 0.2) is 0 Å². The zero-order chi connectivity index (χ0) is 13.8. The van der Waals surface area contributed by atoms with Crippen molar-refractivity contribution in [2.24, 2.45) is 0 Å². The summed E-state index contributed by atoms with van der Waals surface area (Å²) < 4.78 is 11.7. The molecule has 0 aliphatic rings. The highest BCUT2D eigenvalue weighted by Crippen LogP contribution is 2.30. The quantitative estimate of drug-likeness (QED) is 0.731. The summed E-state index contributed by atoms with van der Waals surface area (Å²) in [7, 11) is 1.63. The Bertz CT molecular complexity index is 588. The van der Waals surface area contributed by atoms with Gasteiger partial charge in [0.25, 0.3) is 0 Å². The van der Waals surface area contributed by atoms with Gasteiger partial charge >= 0.3 is 0 Å². The Balaban J connectivity index is 2.10. The highest BCUT2D eigenvalue weighted by atomic mass is 79.9. The maximum Gasteiger partial charge on any atom is 0.139 e. The van der Waals surface area contributed by atoms with Crippen LogP contribution in [-0.2, 0) is 6.61 Å². The summed E-state index contributed by atoms with van der Waals surface area (Å²) in [6.07, 6.45) is 0. The summed E-state index contributed by atoms with van der Waals surface area (Å²) in [5, 5.41) is 1.13. The van der Waals surface area contributed by atoms with E-state index in [-0.39, 0.29) is 0 Å². The fraction of sp³-hybridized carbons (Fsp3) is 0.143. The Morgan fingerprint density at radius 3 is 2.53 bits per heavy atom. The molecule has 0 saturated carbocycles. The normalized spacial score (nSPS) is 10.3. The van der Waals surface area contributed by atoms with Gasteiger partial charge in [-0.2, -0.15) is 0 Å². The molecule has 100 valence electrons. The van der Waals surface area contributed by atoms with Crippen LogP contribution >= 0.6 is 39.1 Å². The molecule has 19 heavy (non-hydrogen) atoms. The lowest BCUT2D eigenvalue weighted by atomic mass is 10.2. The van der Waals surface area contributed by atoms with Gasteiger partial charge in [-0.3, -0.25) is 0 Å². The number of hydrogen-bond acceptors (Lipinski definition) is 2. The molecule has 2 aromatic carbocycles. The minimum absolute atomic E-state index is 0.405. The van der Waals surface area contributed by atoms with E-state index in [1.54, 1.807) is 25.3 Å². The maximum atomic E-state index is 6.03. The van der Waals surface area contributed by atoms with E-state index < -0.39 is 0 Å². The van der Waals surface area contributed by atoms with E-state index in [0.717, 1.165) is 15.8 Å². The summed E-state index contributed by atoms with van der Waals surface area (Å²) in [6.45, 7) is 0.405. The fourth-order valence-electron chi connectivity index (χ4n) is 1.55. The monoisotopic (exact) mass is 360 g/mol. The van der Waals surface area contributed by atoms with Crippen LogP contribution in [0.25, 0.3) is 0 Å². The van der Waals surface area contributed by atoms with E-state index in [1.165, 1.54) is 0 Å². The molecule has 0 aliphatic heterocycles. The standard InChI is InChI=1S/C14H11BrCl2O2/c1-18-13-5-2-9(6-11(13)15)8-19-14-7-10(16)3-4-12(14)17/h2-7H,8H2,1H3. The van der Waals surface area contributed by atoms with Crippen molar-refractivity contribution in [2.75, 3.05) is 7.11 Å². The number of rotatable bonds is 4. The van der Waals surface area contributed by atoms with Gasteiger partial charge in [0, 0.05) is 11.1 Å². The smallest absolute Gasteiger partial charge is 0.139 e. The molecule has 0 unspecified atom stereocenters. The predicted molar refractivity (Wildman–Crippen MR) is 81.5 cm³/mol. The molecule has 0 N–H and O–H groups in total. The van der Waals surface area contributed by atoms with Gasteiger partial charge in [-0.1, -0.05) is 29.3 Å². The van der Waals surface area contributed by atoms with Gasteiger partial charge in [0.05, 0.1) is 16.6 Å². The number of methoxy groups -OCH3 is 1. The van der Waals surface area contributed by atoms with Gasteiger partial charge < -0.3 is 9.47 Å².